The highest BCUT2D eigenvalue weighted by Gasteiger charge is 2.30. The van der Waals surface area contributed by atoms with E-state index in [2.05, 4.69) is 18.2 Å². The molecule has 2 aromatic carbocycles. The Morgan fingerprint density at radius 2 is 2.04 bits per heavy atom. The lowest BCUT2D eigenvalue weighted by Crippen LogP contribution is -2.28. The van der Waals surface area contributed by atoms with Crippen LogP contribution in [0, 0.1) is 0 Å². The maximum Gasteiger partial charge on any atom is 0.289 e. The van der Waals surface area contributed by atoms with Crippen molar-refractivity contribution in [3.63, 3.8) is 0 Å². The third-order valence-electron chi connectivity index (χ3n) is 5.30. The average molecular weight is 333 g/mol. The second kappa shape index (κ2) is 5.66. The predicted molar refractivity (Wildman–Crippen MR) is 95.1 cm³/mol. The molecule has 1 fully saturated rings. The van der Waals surface area contributed by atoms with E-state index in [1.165, 1.54) is 11.1 Å². The monoisotopic (exact) mass is 333 g/mol. The smallest absolute Gasteiger partial charge is 0.289 e. The second-order valence-electron chi connectivity index (χ2n) is 6.85. The van der Waals surface area contributed by atoms with Crippen molar-refractivity contribution in [2.24, 2.45) is 0 Å². The molecule has 25 heavy (non-hydrogen) atoms. The molecule has 0 unspecified atom stereocenters. The minimum atomic E-state index is -0.0109. The van der Waals surface area contributed by atoms with Gasteiger partial charge in [-0.2, -0.15) is 0 Å². The first-order chi connectivity index (χ1) is 12.3. The Kier molecular flexibility index (Phi) is 3.30. The zero-order valence-corrected chi connectivity index (χ0v) is 13.9. The summed E-state index contributed by atoms with van der Waals surface area (Å²) in [5.41, 5.74) is 3.36. The van der Waals surface area contributed by atoms with Crippen molar-refractivity contribution in [3.8, 4) is 5.75 Å². The Hall–Kier alpha value is -2.75. The molecule has 126 valence electrons. The molecule has 1 atom stereocenters. The van der Waals surface area contributed by atoms with Gasteiger partial charge in [0, 0.05) is 30.8 Å². The molecule has 0 radical (unpaired) electrons. The van der Waals surface area contributed by atoms with E-state index in [1.54, 1.807) is 0 Å². The number of likely N-dealkylation sites (tertiary alicyclic amines) is 1. The Morgan fingerprint density at radius 1 is 1.12 bits per heavy atom. The summed E-state index contributed by atoms with van der Waals surface area (Å²) in [4.78, 5) is 14.7. The van der Waals surface area contributed by atoms with E-state index in [1.807, 2.05) is 35.2 Å². The van der Waals surface area contributed by atoms with Crippen LogP contribution in [0.4, 0.5) is 0 Å². The van der Waals surface area contributed by atoms with Gasteiger partial charge in [0.05, 0.1) is 6.61 Å². The van der Waals surface area contributed by atoms with Crippen LogP contribution in [0.3, 0.4) is 0 Å². The molecule has 3 aromatic rings. The first-order valence-electron chi connectivity index (χ1n) is 8.81. The van der Waals surface area contributed by atoms with Crippen molar-refractivity contribution in [2.45, 2.75) is 18.8 Å². The maximum atomic E-state index is 12.8. The molecule has 2 aliphatic rings. The first kappa shape index (κ1) is 14.6. The summed E-state index contributed by atoms with van der Waals surface area (Å²) in [6.45, 7) is 2.30. The Bertz CT molecular complexity index is 926. The van der Waals surface area contributed by atoms with Gasteiger partial charge in [-0.3, -0.25) is 4.79 Å². The van der Waals surface area contributed by atoms with Gasteiger partial charge in [0.25, 0.3) is 5.91 Å². The minimum Gasteiger partial charge on any atom is -0.493 e. The number of amides is 1. The highest BCUT2D eigenvalue weighted by Crippen LogP contribution is 2.33. The maximum absolute atomic E-state index is 12.8. The van der Waals surface area contributed by atoms with Crippen molar-refractivity contribution in [2.75, 3.05) is 19.7 Å². The summed E-state index contributed by atoms with van der Waals surface area (Å²) in [5.74, 6) is 1.82. The number of ether oxygens (including phenoxy) is 1. The van der Waals surface area contributed by atoms with Gasteiger partial charge in [0.15, 0.2) is 5.76 Å². The van der Waals surface area contributed by atoms with Crippen LogP contribution >= 0.6 is 0 Å². The molecule has 3 heterocycles. The van der Waals surface area contributed by atoms with E-state index in [0.717, 1.165) is 49.3 Å². The van der Waals surface area contributed by atoms with E-state index < -0.39 is 0 Å². The number of para-hydroxylation sites is 1. The topological polar surface area (TPSA) is 42.7 Å². The zero-order chi connectivity index (χ0) is 16.8. The van der Waals surface area contributed by atoms with Crippen LogP contribution in [0.1, 0.15) is 34.0 Å². The number of fused-ring (bicyclic) bond motifs is 2. The Morgan fingerprint density at radius 3 is 2.96 bits per heavy atom. The van der Waals surface area contributed by atoms with Crippen LogP contribution in [0.5, 0.6) is 5.75 Å². The third kappa shape index (κ3) is 2.49. The molecule has 5 rings (SSSR count). The van der Waals surface area contributed by atoms with E-state index in [-0.39, 0.29) is 5.91 Å². The van der Waals surface area contributed by atoms with Crippen molar-refractivity contribution in [3.05, 3.63) is 65.4 Å². The molecule has 1 aromatic heterocycles. The molecule has 2 aliphatic heterocycles. The number of hydrogen-bond acceptors (Lipinski definition) is 3. The normalized spacial score (nSPS) is 19.2. The minimum absolute atomic E-state index is 0.0109. The average Bonchev–Trinajstić information content (AvgIpc) is 3.38. The summed E-state index contributed by atoms with van der Waals surface area (Å²) in [5, 5.41) is 0.972. The summed E-state index contributed by atoms with van der Waals surface area (Å²) in [6, 6.07) is 16.0. The highest BCUT2D eigenvalue weighted by atomic mass is 16.5. The molecule has 0 N–H and O–H groups in total. The lowest BCUT2D eigenvalue weighted by molar-refractivity contribution is 0.0761. The van der Waals surface area contributed by atoms with Crippen molar-refractivity contribution >= 4 is 16.9 Å². The van der Waals surface area contributed by atoms with Gasteiger partial charge in [-0.1, -0.05) is 30.3 Å². The van der Waals surface area contributed by atoms with Gasteiger partial charge in [-0.25, -0.2) is 0 Å². The number of benzene rings is 2. The zero-order valence-electron chi connectivity index (χ0n) is 13.9. The first-order valence-corrected chi connectivity index (χ1v) is 8.81. The molecule has 0 aliphatic carbocycles. The van der Waals surface area contributed by atoms with Crippen LogP contribution < -0.4 is 4.74 Å². The van der Waals surface area contributed by atoms with E-state index in [4.69, 9.17) is 9.15 Å². The van der Waals surface area contributed by atoms with Gasteiger partial charge < -0.3 is 14.1 Å². The fraction of sp³-hybridized carbons (Fsp3) is 0.286. The lowest BCUT2D eigenvalue weighted by atomic mass is 9.96. The Labute approximate surface area is 146 Å². The summed E-state index contributed by atoms with van der Waals surface area (Å²) in [6.07, 6.45) is 1.98. The van der Waals surface area contributed by atoms with Gasteiger partial charge >= 0.3 is 0 Å². The second-order valence-corrected chi connectivity index (χ2v) is 6.85. The lowest BCUT2D eigenvalue weighted by Gasteiger charge is -2.15. The van der Waals surface area contributed by atoms with Gasteiger partial charge in [0.1, 0.15) is 11.3 Å². The van der Waals surface area contributed by atoms with Gasteiger partial charge in [-0.15, -0.1) is 0 Å². The summed E-state index contributed by atoms with van der Waals surface area (Å²) in [7, 11) is 0. The number of carbonyl (C=O) groups is 1. The molecule has 0 saturated carbocycles. The largest absolute Gasteiger partial charge is 0.493 e. The van der Waals surface area contributed by atoms with E-state index >= 15 is 0 Å². The fourth-order valence-corrected chi connectivity index (χ4v) is 3.92. The van der Waals surface area contributed by atoms with Crippen LogP contribution in [-0.2, 0) is 6.42 Å². The third-order valence-corrected chi connectivity index (χ3v) is 5.30. The van der Waals surface area contributed by atoms with Crippen LogP contribution in [0.2, 0.25) is 0 Å². The van der Waals surface area contributed by atoms with Crippen molar-refractivity contribution in [1.29, 1.82) is 0 Å². The van der Waals surface area contributed by atoms with Crippen molar-refractivity contribution in [1.82, 2.24) is 4.90 Å². The Balaban J connectivity index is 1.35. The number of nitrogens with zero attached hydrogens (tertiary/aromatic N) is 1. The molecule has 0 bridgehead atoms. The number of hydrogen-bond donors (Lipinski definition) is 0. The number of rotatable bonds is 2. The molecule has 1 amide bonds. The molecule has 1 saturated heterocycles. The predicted octanol–water partition coefficient (Wildman–Crippen LogP) is 4.00. The van der Waals surface area contributed by atoms with E-state index in [9.17, 15) is 4.79 Å². The van der Waals surface area contributed by atoms with E-state index in [0.29, 0.717) is 11.7 Å². The molecule has 4 nitrogen and oxygen atoms in total. The molecule has 4 heteroatoms. The van der Waals surface area contributed by atoms with Crippen molar-refractivity contribution < 1.29 is 13.9 Å². The van der Waals surface area contributed by atoms with Gasteiger partial charge in [-0.05, 0) is 35.7 Å². The summed E-state index contributed by atoms with van der Waals surface area (Å²) < 4.78 is 11.3. The molecule has 0 spiro atoms. The SMILES string of the molecule is O=C(c1cc2ccccc2o1)N1CC[C@@H](c2ccc3c(c2)CCO3)C1. The number of carbonyl (C=O) groups excluding carboxylic acids is 1. The number of furan rings is 1. The van der Waals surface area contributed by atoms with Crippen LogP contribution in [-0.4, -0.2) is 30.5 Å². The highest BCUT2D eigenvalue weighted by molar-refractivity contribution is 5.96. The summed E-state index contributed by atoms with van der Waals surface area (Å²) >= 11 is 0. The molecular weight excluding hydrogens is 314 g/mol. The molecular formula is C21H19NO3. The van der Waals surface area contributed by atoms with Crippen LogP contribution in [0.25, 0.3) is 11.0 Å². The standard InChI is InChI=1S/C21H19NO3/c23-21(20-12-15-3-1-2-4-19(15)25-20)22-9-7-17(13-22)14-5-6-18-16(11-14)8-10-24-18/h1-6,11-12,17H,7-10,13H2/t17-/m1/s1. The quantitative estimate of drug-likeness (QED) is 0.712. The fourth-order valence-electron chi connectivity index (χ4n) is 3.92. The van der Waals surface area contributed by atoms with Crippen LogP contribution in [0.15, 0.2) is 52.9 Å². The van der Waals surface area contributed by atoms with Gasteiger partial charge in [0.2, 0.25) is 0 Å².